The average Bonchev–Trinajstić information content (AvgIpc) is 2.54. The van der Waals surface area contributed by atoms with Gasteiger partial charge in [0.1, 0.15) is 11.6 Å². The Bertz CT molecular complexity index is 865. The molecule has 2 aromatic rings. The molecular weight excluding hydrogens is 351 g/mol. The number of carbonyl (C=O) groups is 2. The Morgan fingerprint density at radius 2 is 1.75 bits per heavy atom. The first-order valence-corrected chi connectivity index (χ1v) is 7.38. The number of carboxylic acids is 1. The number of nitriles is 1. The van der Waals surface area contributed by atoms with Crippen LogP contribution in [-0.4, -0.2) is 17.0 Å². The number of carboxylic acid groups (broad SMARTS) is 1. The Labute approximate surface area is 147 Å². The maximum absolute atomic E-state index is 12.2. The first-order valence-electron chi connectivity index (χ1n) is 6.63. The van der Waals surface area contributed by atoms with Crippen molar-refractivity contribution in [2.75, 3.05) is 5.32 Å². The third-order valence-electron chi connectivity index (χ3n) is 3.02. The van der Waals surface area contributed by atoms with Gasteiger partial charge in [0.05, 0.1) is 5.56 Å². The van der Waals surface area contributed by atoms with E-state index >= 15 is 0 Å². The van der Waals surface area contributed by atoms with Gasteiger partial charge in [0.25, 0.3) is 5.91 Å². The summed E-state index contributed by atoms with van der Waals surface area (Å²) in [6.45, 7) is 0. The fraction of sp³-hybridized carbons (Fsp3) is 0. The van der Waals surface area contributed by atoms with Gasteiger partial charge in [0, 0.05) is 21.3 Å². The Kier molecular flexibility index (Phi) is 5.59. The molecule has 2 N–H and O–H groups in total. The second-order valence-corrected chi connectivity index (χ2v) is 5.46. The Morgan fingerprint density at radius 1 is 1.12 bits per heavy atom. The standard InChI is InChI=1S/C17H10Cl2N2O3/c18-14-5-2-6-15(19)13(14)8-11(9-20)16(22)21-12-4-1-3-10(7-12)17(23)24/h1-8H,(H,21,22)(H,23,24)/b11-8+. The lowest BCUT2D eigenvalue weighted by atomic mass is 10.1. The quantitative estimate of drug-likeness (QED) is 0.630. The smallest absolute Gasteiger partial charge is 0.335 e. The molecule has 0 atom stereocenters. The van der Waals surface area contributed by atoms with Gasteiger partial charge in [-0.25, -0.2) is 4.79 Å². The van der Waals surface area contributed by atoms with Crippen molar-refractivity contribution in [2.45, 2.75) is 0 Å². The van der Waals surface area contributed by atoms with Crippen molar-refractivity contribution < 1.29 is 14.7 Å². The lowest BCUT2D eigenvalue weighted by molar-refractivity contribution is -0.112. The number of nitrogens with zero attached hydrogens (tertiary/aromatic N) is 1. The van der Waals surface area contributed by atoms with Crippen LogP contribution in [0.5, 0.6) is 0 Å². The Hall–Kier alpha value is -2.81. The summed E-state index contributed by atoms with van der Waals surface area (Å²) in [6.07, 6.45) is 1.28. The molecule has 0 unspecified atom stereocenters. The molecule has 120 valence electrons. The number of halogens is 2. The van der Waals surface area contributed by atoms with Crippen LogP contribution in [-0.2, 0) is 4.79 Å². The van der Waals surface area contributed by atoms with Gasteiger partial charge >= 0.3 is 5.97 Å². The molecule has 0 radical (unpaired) electrons. The molecule has 1 amide bonds. The van der Waals surface area contributed by atoms with E-state index in [-0.39, 0.29) is 16.8 Å². The summed E-state index contributed by atoms with van der Waals surface area (Å²) in [5.74, 6) is -1.82. The molecule has 0 bridgehead atoms. The molecule has 0 aromatic heterocycles. The molecule has 0 aliphatic heterocycles. The Morgan fingerprint density at radius 3 is 2.33 bits per heavy atom. The number of aromatic carboxylic acids is 1. The molecule has 0 aliphatic carbocycles. The van der Waals surface area contributed by atoms with E-state index in [1.807, 2.05) is 0 Å². The second kappa shape index (κ2) is 7.64. The van der Waals surface area contributed by atoms with Crippen molar-refractivity contribution in [1.29, 1.82) is 5.26 Å². The highest BCUT2D eigenvalue weighted by atomic mass is 35.5. The van der Waals surface area contributed by atoms with Crippen molar-refractivity contribution in [3.05, 3.63) is 69.2 Å². The highest BCUT2D eigenvalue weighted by Crippen LogP contribution is 2.26. The van der Waals surface area contributed by atoms with E-state index in [1.165, 1.54) is 30.3 Å². The van der Waals surface area contributed by atoms with E-state index in [0.29, 0.717) is 15.6 Å². The van der Waals surface area contributed by atoms with Gasteiger partial charge in [-0.1, -0.05) is 35.3 Å². The Balaban J connectivity index is 2.30. The minimum atomic E-state index is -1.12. The molecule has 2 rings (SSSR count). The number of benzene rings is 2. The normalized spacial score (nSPS) is 10.8. The summed E-state index contributed by atoms with van der Waals surface area (Å²) in [6, 6.07) is 12.3. The van der Waals surface area contributed by atoms with Gasteiger partial charge in [-0.3, -0.25) is 4.79 Å². The monoisotopic (exact) mass is 360 g/mol. The lowest BCUT2D eigenvalue weighted by Gasteiger charge is -2.06. The lowest BCUT2D eigenvalue weighted by Crippen LogP contribution is -2.14. The zero-order valence-electron chi connectivity index (χ0n) is 12.1. The predicted octanol–water partition coefficient (Wildman–Crippen LogP) is 4.24. The number of carbonyl (C=O) groups excluding carboxylic acids is 1. The maximum atomic E-state index is 12.2. The summed E-state index contributed by atoms with van der Waals surface area (Å²) in [7, 11) is 0. The van der Waals surface area contributed by atoms with E-state index in [9.17, 15) is 14.9 Å². The van der Waals surface area contributed by atoms with Crippen LogP contribution in [0.3, 0.4) is 0 Å². The van der Waals surface area contributed by atoms with Crippen LogP contribution in [0.1, 0.15) is 15.9 Å². The van der Waals surface area contributed by atoms with Gasteiger partial charge in [0.15, 0.2) is 0 Å². The van der Waals surface area contributed by atoms with Crippen LogP contribution < -0.4 is 5.32 Å². The van der Waals surface area contributed by atoms with E-state index < -0.39 is 11.9 Å². The number of hydrogen-bond acceptors (Lipinski definition) is 3. The zero-order chi connectivity index (χ0) is 17.7. The van der Waals surface area contributed by atoms with Crippen molar-refractivity contribution >= 4 is 46.8 Å². The topological polar surface area (TPSA) is 90.2 Å². The summed E-state index contributed by atoms with van der Waals surface area (Å²) in [4.78, 5) is 23.2. The summed E-state index contributed by atoms with van der Waals surface area (Å²) >= 11 is 12.0. The number of nitrogens with one attached hydrogen (secondary N) is 1. The third kappa shape index (κ3) is 4.13. The largest absolute Gasteiger partial charge is 0.478 e. The van der Waals surface area contributed by atoms with E-state index in [4.69, 9.17) is 28.3 Å². The molecular formula is C17H10Cl2N2O3. The molecule has 7 heteroatoms. The molecule has 0 saturated heterocycles. The van der Waals surface area contributed by atoms with Crippen LogP contribution in [0.4, 0.5) is 5.69 Å². The highest BCUT2D eigenvalue weighted by Gasteiger charge is 2.13. The number of amides is 1. The van der Waals surface area contributed by atoms with Crippen LogP contribution in [0.15, 0.2) is 48.0 Å². The van der Waals surface area contributed by atoms with Crippen LogP contribution in [0, 0.1) is 11.3 Å². The first-order chi connectivity index (χ1) is 11.4. The number of anilines is 1. The van der Waals surface area contributed by atoms with Crippen molar-refractivity contribution in [3.63, 3.8) is 0 Å². The fourth-order valence-electron chi connectivity index (χ4n) is 1.87. The van der Waals surface area contributed by atoms with Crippen molar-refractivity contribution in [1.82, 2.24) is 0 Å². The van der Waals surface area contributed by atoms with Crippen molar-refractivity contribution in [3.8, 4) is 6.07 Å². The molecule has 24 heavy (non-hydrogen) atoms. The van der Waals surface area contributed by atoms with Crippen LogP contribution in [0.2, 0.25) is 10.0 Å². The predicted molar refractivity (Wildman–Crippen MR) is 92.1 cm³/mol. The van der Waals surface area contributed by atoms with Gasteiger partial charge in [-0.15, -0.1) is 0 Å². The van der Waals surface area contributed by atoms with Gasteiger partial charge in [-0.05, 0) is 36.4 Å². The number of rotatable bonds is 4. The van der Waals surface area contributed by atoms with Crippen molar-refractivity contribution in [2.24, 2.45) is 0 Å². The molecule has 0 heterocycles. The maximum Gasteiger partial charge on any atom is 0.335 e. The SMILES string of the molecule is N#C/C(=C\c1c(Cl)cccc1Cl)C(=O)Nc1cccc(C(=O)O)c1. The number of hydrogen-bond donors (Lipinski definition) is 2. The molecule has 5 nitrogen and oxygen atoms in total. The summed E-state index contributed by atoms with van der Waals surface area (Å²) in [5, 5.41) is 21.2. The van der Waals surface area contributed by atoms with Crippen LogP contribution >= 0.6 is 23.2 Å². The van der Waals surface area contributed by atoms with Gasteiger partial charge in [0.2, 0.25) is 0 Å². The summed E-state index contributed by atoms with van der Waals surface area (Å²) < 4.78 is 0. The molecule has 0 saturated carbocycles. The minimum Gasteiger partial charge on any atom is -0.478 e. The van der Waals surface area contributed by atoms with Gasteiger partial charge < -0.3 is 10.4 Å². The minimum absolute atomic E-state index is 0.0180. The zero-order valence-corrected chi connectivity index (χ0v) is 13.6. The first kappa shape index (κ1) is 17.5. The fourth-order valence-corrected chi connectivity index (χ4v) is 2.38. The van der Waals surface area contributed by atoms with E-state index in [1.54, 1.807) is 24.3 Å². The van der Waals surface area contributed by atoms with Gasteiger partial charge in [-0.2, -0.15) is 5.26 Å². The second-order valence-electron chi connectivity index (χ2n) is 4.65. The highest BCUT2D eigenvalue weighted by molar-refractivity contribution is 6.37. The summed E-state index contributed by atoms with van der Waals surface area (Å²) in [5.41, 5.74) is 0.410. The molecule has 2 aromatic carbocycles. The molecule has 0 aliphatic rings. The average molecular weight is 361 g/mol. The van der Waals surface area contributed by atoms with Crippen LogP contribution in [0.25, 0.3) is 6.08 Å². The van der Waals surface area contributed by atoms with E-state index in [0.717, 1.165) is 0 Å². The molecule has 0 fully saturated rings. The third-order valence-corrected chi connectivity index (χ3v) is 3.68. The van der Waals surface area contributed by atoms with E-state index in [2.05, 4.69) is 5.32 Å². The molecule has 0 spiro atoms.